The van der Waals surface area contributed by atoms with Crippen LogP contribution in [-0.2, 0) is 0 Å². The van der Waals surface area contributed by atoms with Crippen LogP contribution in [-0.4, -0.2) is 36.1 Å². The molecule has 3 nitrogen and oxygen atoms in total. The van der Waals surface area contributed by atoms with Crippen LogP contribution in [0.4, 0.5) is 5.69 Å². The predicted molar refractivity (Wildman–Crippen MR) is 63.5 cm³/mol. The molecule has 0 radical (unpaired) electrons. The average molecular weight is 226 g/mol. The van der Waals surface area contributed by atoms with Crippen molar-refractivity contribution < 1.29 is 0 Å². The summed E-state index contributed by atoms with van der Waals surface area (Å²) >= 11 is 5.87. The van der Waals surface area contributed by atoms with Crippen LogP contribution in [0.25, 0.3) is 0 Å². The van der Waals surface area contributed by atoms with Crippen molar-refractivity contribution in [2.24, 2.45) is 0 Å². The third-order valence-corrected chi connectivity index (χ3v) is 3.17. The number of hydrogen-bond donors (Lipinski definition) is 1. The minimum atomic E-state index is 0.539. The molecule has 1 aliphatic heterocycles. The van der Waals surface area contributed by atoms with Crippen molar-refractivity contribution in [3.05, 3.63) is 23.0 Å². The van der Waals surface area contributed by atoms with E-state index in [0.29, 0.717) is 11.2 Å². The molecule has 1 saturated heterocycles. The average Bonchev–Trinajstić information content (AvgIpc) is 2.58. The Balaban J connectivity index is 2.02. The number of aryl methyl sites for hydroxylation is 1. The van der Waals surface area contributed by atoms with E-state index in [1.165, 1.54) is 6.42 Å². The zero-order valence-electron chi connectivity index (χ0n) is 9.13. The van der Waals surface area contributed by atoms with Crippen LogP contribution in [0.1, 0.15) is 12.0 Å². The number of pyridine rings is 1. The lowest BCUT2D eigenvalue weighted by atomic mass is 10.2. The number of likely N-dealkylation sites (tertiary alicyclic amines) is 1. The van der Waals surface area contributed by atoms with Crippen molar-refractivity contribution in [2.75, 3.05) is 25.5 Å². The van der Waals surface area contributed by atoms with E-state index in [1.807, 2.05) is 13.0 Å². The summed E-state index contributed by atoms with van der Waals surface area (Å²) in [5, 5.41) is 4.06. The molecule has 1 aromatic heterocycles. The molecule has 1 aromatic rings. The Morgan fingerprint density at radius 1 is 1.60 bits per heavy atom. The molecule has 1 atom stereocenters. The van der Waals surface area contributed by atoms with E-state index in [2.05, 4.69) is 22.2 Å². The first-order chi connectivity index (χ1) is 7.15. The molecule has 0 aromatic carbocycles. The minimum absolute atomic E-state index is 0.539. The molecule has 2 rings (SSSR count). The zero-order valence-corrected chi connectivity index (χ0v) is 9.88. The van der Waals surface area contributed by atoms with Crippen molar-refractivity contribution >= 4 is 17.3 Å². The Hall–Kier alpha value is -0.800. The fourth-order valence-electron chi connectivity index (χ4n) is 1.93. The summed E-state index contributed by atoms with van der Waals surface area (Å²) < 4.78 is 0. The van der Waals surface area contributed by atoms with Gasteiger partial charge in [-0.2, -0.15) is 0 Å². The highest BCUT2D eigenvalue weighted by Crippen LogP contribution is 2.18. The fraction of sp³-hybridized carbons (Fsp3) is 0.545. The normalized spacial score (nSPS) is 21.9. The Morgan fingerprint density at radius 2 is 2.40 bits per heavy atom. The maximum absolute atomic E-state index is 5.87. The Bertz CT molecular complexity index is 354. The topological polar surface area (TPSA) is 28.2 Å². The highest BCUT2D eigenvalue weighted by molar-refractivity contribution is 6.30. The fourth-order valence-corrected chi connectivity index (χ4v) is 2.03. The lowest BCUT2D eigenvalue weighted by molar-refractivity contribution is 0.414. The number of rotatable bonds is 2. The van der Waals surface area contributed by atoms with Crippen molar-refractivity contribution in [3.8, 4) is 0 Å². The molecule has 2 heterocycles. The first-order valence-electron chi connectivity index (χ1n) is 5.22. The largest absolute Gasteiger partial charge is 0.380 e. The summed E-state index contributed by atoms with van der Waals surface area (Å²) in [4.78, 5) is 6.46. The molecule has 1 unspecified atom stereocenters. The van der Waals surface area contributed by atoms with E-state index in [9.17, 15) is 0 Å². The van der Waals surface area contributed by atoms with Gasteiger partial charge in [-0.1, -0.05) is 11.6 Å². The second kappa shape index (κ2) is 4.37. The summed E-state index contributed by atoms with van der Waals surface area (Å²) in [6.07, 6.45) is 2.99. The van der Waals surface area contributed by atoms with Gasteiger partial charge in [-0.05, 0) is 38.6 Å². The first kappa shape index (κ1) is 10.7. The summed E-state index contributed by atoms with van der Waals surface area (Å²) in [6, 6.07) is 2.59. The van der Waals surface area contributed by atoms with Gasteiger partial charge in [0.05, 0.1) is 11.9 Å². The van der Waals surface area contributed by atoms with Gasteiger partial charge in [0.2, 0.25) is 0 Å². The third-order valence-electron chi connectivity index (χ3n) is 2.78. The summed E-state index contributed by atoms with van der Waals surface area (Å²) in [5.41, 5.74) is 2.09. The van der Waals surface area contributed by atoms with Gasteiger partial charge >= 0.3 is 0 Å². The van der Waals surface area contributed by atoms with Gasteiger partial charge in [0.1, 0.15) is 5.15 Å². The molecule has 1 fully saturated rings. The lowest BCUT2D eigenvalue weighted by Crippen LogP contribution is -2.23. The molecule has 1 aliphatic rings. The molecule has 0 amide bonds. The number of nitrogens with zero attached hydrogens (tertiary/aromatic N) is 2. The van der Waals surface area contributed by atoms with Crippen LogP contribution in [0.15, 0.2) is 12.3 Å². The zero-order chi connectivity index (χ0) is 10.8. The molecule has 0 spiro atoms. The van der Waals surface area contributed by atoms with Crippen molar-refractivity contribution in [1.29, 1.82) is 0 Å². The van der Waals surface area contributed by atoms with Crippen LogP contribution >= 0.6 is 11.6 Å². The smallest absolute Gasteiger partial charge is 0.132 e. The van der Waals surface area contributed by atoms with Gasteiger partial charge in [-0.25, -0.2) is 4.98 Å². The second-order valence-electron chi connectivity index (χ2n) is 4.22. The van der Waals surface area contributed by atoms with E-state index in [0.717, 1.165) is 24.3 Å². The van der Waals surface area contributed by atoms with Crippen LogP contribution in [0.3, 0.4) is 0 Å². The maximum atomic E-state index is 5.87. The third kappa shape index (κ3) is 2.61. The maximum Gasteiger partial charge on any atom is 0.132 e. The molecule has 4 heteroatoms. The first-order valence-corrected chi connectivity index (χ1v) is 5.60. The number of halogens is 1. The van der Waals surface area contributed by atoms with Crippen molar-refractivity contribution in [3.63, 3.8) is 0 Å². The molecular weight excluding hydrogens is 210 g/mol. The standard InChI is InChI=1S/C11H16ClN3/c1-8-5-10(6-13-11(8)12)14-9-3-4-15(2)7-9/h5-6,9,14H,3-4,7H2,1-2H3. The van der Waals surface area contributed by atoms with Crippen molar-refractivity contribution in [1.82, 2.24) is 9.88 Å². The molecule has 82 valence electrons. The van der Waals surface area contributed by atoms with E-state index >= 15 is 0 Å². The number of aromatic nitrogens is 1. The molecule has 0 aliphatic carbocycles. The van der Waals surface area contributed by atoms with Crippen LogP contribution in [0, 0.1) is 6.92 Å². The Labute approximate surface area is 95.4 Å². The minimum Gasteiger partial charge on any atom is -0.380 e. The van der Waals surface area contributed by atoms with Gasteiger partial charge in [0, 0.05) is 12.6 Å². The second-order valence-corrected chi connectivity index (χ2v) is 4.58. The lowest BCUT2D eigenvalue weighted by Gasteiger charge is -2.14. The van der Waals surface area contributed by atoms with Crippen molar-refractivity contribution in [2.45, 2.75) is 19.4 Å². The quantitative estimate of drug-likeness (QED) is 0.782. The van der Waals surface area contributed by atoms with E-state index < -0.39 is 0 Å². The Morgan fingerprint density at radius 3 is 3.00 bits per heavy atom. The molecular formula is C11H16ClN3. The number of anilines is 1. The molecule has 0 saturated carbocycles. The van der Waals surface area contributed by atoms with Gasteiger partial charge in [-0.15, -0.1) is 0 Å². The molecule has 0 bridgehead atoms. The monoisotopic (exact) mass is 225 g/mol. The summed E-state index contributed by atoms with van der Waals surface area (Å²) in [7, 11) is 2.15. The number of nitrogens with one attached hydrogen (secondary N) is 1. The van der Waals surface area contributed by atoms with E-state index in [4.69, 9.17) is 11.6 Å². The van der Waals surface area contributed by atoms with Crippen LogP contribution in [0.5, 0.6) is 0 Å². The summed E-state index contributed by atoms with van der Waals surface area (Å²) in [6.45, 7) is 4.24. The molecule has 1 N–H and O–H groups in total. The SMILES string of the molecule is Cc1cc(NC2CCN(C)C2)cnc1Cl. The van der Waals surface area contributed by atoms with E-state index in [1.54, 1.807) is 6.20 Å². The Kier molecular flexibility index (Phi) is 3.12. The number of likely N-dealkylation sites (N-methyl/N-ethyl adjacent to an activating group) is 1. The predicted octanol–water partition coefficient (Wildman–Crippen LogP) is 2.16. The van der Waals surface area contributed by atoms with E-state index in [-0.39, 0.29) is 0 Å². The van der Waals surface area contributed by atoms with Gasteiger partial charge < -0.3 is 10.2 Å². The number of hydrogen-bond acceptors (Lipinski definition) is 3. The summed E-state index contributed by atoms with van der Waals surface area (Å²) in [5.74, 6) is 0. The van der Waals surface area contributed by atoms with Crippen LogP contribution < -0.4 is 5.32 Å². The van der Waals surface area contributed by atoms with Gasteiger partial charge in [0.15, 0.2) is 0 Å². The highest BCUT2D eigenvalue weighted by atomic mass is 35.5. The van der Waals surface area contributed by atoms with Gasteiger partial charge in [-0.3, -0.25) is 0 Å². The van der Waals surface area contributed by atoms with Crippen LogP contribution in [0.2, 0.25) is 5.15 Å². The van der Waals surface area contributed by atoms with Gasteiger partial charge in [0.25, 0.3) is 0 Å². The highest BCUT2D eigenvalue weighted by Gasteiger charge is 2.18. The molecule has 15 heavy (non-hydrogen) atoms.